The van der Waals surface area contributed by atoms with Gasteiger partial charge in [-0.25, -0.2) is 4.79 Å². The number of nitrogens with one attached hydrogen (secondary N) is 5. The van der Waals surface area contributed by atoms with Crippen molar-refractivity contribution in [2.45, 2.75) is 109 Å². The molecule has 18 nitrogen and oxygen atoms in total. The molecule has 0 aliphatic carbocycles. The van der Waals surface area contributed by atoms with Crippen molar-refractivity contribution >= 4 is 47.4 Å². The van der Waals surface area contributed by atoms with Crippen LogP contribution >= 0.6 is 0 Å². The number of carbonyl (C=O) groups excluding carboxylic acids is 5. The summed E-state index contributed by atoms with van der Waals surface area (Å²) in [6.07, 6.45) is -0.0683. The van der Waals surface area contributed by atoms with E-state index in [0.29, 0.717) is 5.56 Å². The second kappa shape index (κ2) is 22.5. The van der Waals surface area contributed by atoms with Crippen molar-refractivity contribution in [3.8, 4) is 0 Å². The van der Waals surface area contributed by atoms with Gasteiger partial charge in [-0.2, -0.15) is 0 Å². The van der Waals surface area contributed by atoms with Crippen LogP contribution in [0.1, 0.15) is 72.3 Å². The van der Waals surface area contributed by atoms with Crippen molar-refractivity contribution in [2.24, 2.45) is 34.0 Å². The lowest BCUT2D eigenvalue weighted by molar-refractivity contribution is -0.142. The average molecular weight is 734 g/mol. The van der Waals surface area contributed by atoms with E-state index in [-0.39, 0.29) is 56.9 Å². The lowest BCUT2D eigenvalue weighted by atomic mass is 9.99. The fourth-order valence-electron chi connectivity index (χ4n) is 4.94. The van der Waals surface area contributed by atoms with Gasteiger partial charge in [0.1, 0.15) is 30.2 Å². The number of guanidine groups is 1. The van der Waals surface area contributed by atoms with Crippen LogP contribution in [0.25, 0.3) is 0 Å². The molecule has 18 heteroatoms. The largest absolute Gasteiger partial charge is 0.481 e. The van der Waals surface area contributed by atoms with E-state index in [9.17, 15) is 38.7 Å². The summed E-state index contributed by atoms with van der Waals surface area (Å²) < 4.78 is 0. The molecule has 0 radical (unpaired) electrons. The topological polar surface area (TPSA) is 311 Å². The molecule has 0 aromatic heterocycles. The number of nitrogens with zero attached hydrogens (tertiary/aromatic N) is 1. The molecule has 0 saturated carbocycles. The minimum atomic E-state index is -1.28. The van der Waals surface area contributed by atoms with Crippen LogP contribution in [0.15, 0.2) is 35.3 Å². The van der Waals surface area contributed by atoms with Gasteiger partial charge in [0.05, 0.1) is 6.04 Å². The van der Waals surface area contributed by atoms with E-state index in [2.05, 4.69) is 31.6 Å². The second-order valence-electron chi connectivity index (χ2n) is 13.3. The molecule has 1 aromatic carbocycles. The van der Waals surface area contributed by atoms with E-state index < -0.39 is 83.6 Å². The summed E-state index contributed by atoms with van der Waals surface area (Å²) in [7, 11) is 0. The molecule has 0 heterocycles. The molecule has 13 N–H and O–H groups in total. The van der Waals surface area contributed by atoms with Crippen LogP contribution in [0.5, 0.6) is 0 Å². The highest BCUT2D eigenvalue weighted by Gasteiger charge is 2.33. The summed E-state index contributed by atoms with van der Waals surface area (Å²) in [5.41, 5.74) is 17.2. The van der Waals surface area contributed by atoms with Crippen LogP contribution in [0.3, 0.4) is 0 Å². The zero-order valence-electron chi connectivity index (χ0n) is 30.4. The highest BCUT2D eigenvalue weighted by atomic mass is 16.4. The predicted molar refractivity (Wildman–Crippen MR) is 192 cm³/mol. The Morgan fingerprint density at radius 2 is 1.29 bits per heavy atom. The number of hydrogen-bond donors (Lipinski definition) is 10. The summed E-state index contributed by atoms with van der Waals surface area (Å²) in [4.78, 5) is 92.9. The smallest absolute Gasteiger partial charge is 0.326 e. The van der Waals surface area contributed by atoms with Gasteiger partial charge in [-0.1, -0.05) is 58.0 Å². The SMILES string of the molecule is CC(C)C[C@H](NC(=O)[C@H](CCCN=C(N)N)NC(=O)[C@@H](NC(=O)[C@H](C)NC(=O)[C@@H](N)CCC(=O)O)C(C)C)C(=O)N[C@@H](Cc1ccccc1)C(=O)O. The van der Waals surface area contributed by atoms with Crippen molar-refractivity contribution < 1.29 is 43.8 Å². The predicted octanol–water partition coefficient (Wildman–Crippen LogP) is -1.29. The molecule has 5 amide bonds. The first kappa shape index (κ1) is 44.8. The Balaban J connectivity index is 3.17. The highest BCUT2D eigenvalue weighted by Crippen LogP contribution is 2.11. The fourth-order valence-corrected chi connectivity index (χ4v) is 4.94. The number of aliphatic carboxylic acids is 2. The van der Waals surface area contributed by atoms with Gasteiger partial charge in [0.15, 0.2) is 5.96 Å². The Kier molecular flexibility index (Phi) is 19.4. The molecule has 1 aromatic rings. The molecule has 290 valence electrons. The number of carbonyl (C=O) groups is 7. The van der Waals surface area contributed by atoms with Crippen LogP contribution in [0.4, 0.5) is 0 Å². The molecule has 0 fully saturated rings. The molecule has 0 aliphatic heterocycles. The summed E-state index contributed by atoms with van der Waals surface area (Å²) in [5, 5.41) is 31.4. The fraction of sp³-hybridized carbons (Fsp3) is 0.588. The summed E-state index contributed by atoms with van der Waals surface area (Å²) >= 11 is 0. The maximum atomic E-state index is 13.7. The number of carboxylic acids is 2. The normalized spacial score (nSPS) is 14.5. The number of hydrogen-bond acceptors (Lipinski definition) is 9. The maximum Gasteiger partial charge on any atom is 0.326 e. The van der Waals surface area contributed by atoms with Crippen LogP contribution in [0.2, 0.25) is 0 Å². The molecule has 6 atom stereocenters. The number of benzene rings is 1. The van der Waals surface area contributed by atoms with Gasteiger partial charge in [0, 0.05) is 19.4 Å². The minimum absolute atomic E-state index is 0.00979. The third-order valence-electron chi connectivity index (χ3n) is 7.82. The summed E-state index contributed by atoms with van der Waals surface area (Å²) in [6.45, 7) is 8.43. The quantitative estimate of drug-likeness (QED) is 0.0357. The van der Waals surface area contributed by atoms with Gasteiger partial charge in [0.2, 0.25) is 29.5 Å². The first-order valence-electron chi connectivity index (χ1n) is 17.1. The van der Waals surface area contributed by atoms with Crippen LogP contribution in [-0.4, -0.2) is 100 Å². The molecule has 0 saturated heterocycles. The van der Waals surface area contributed by atoms with E-state index in [1.807, 2.05) is 13.8 Å². The van der Waals surface area contributed by atoms with Crippen LogP contribution in [-0.2, 0) is 40.0 Å². The number of carboxylic acid groups (broad SMARTS) is 2. The summed E-state index contributed by atoms with van der Waals surface area (Å²) in [5.74, 6) is -6.83. The van der Waals surface area contributed by atoms with Crippen molar-refractivity contribution in [2.75, 3.05) is 6.54 Å². The van der Waals surface area contributed by atoms with Gasteiger partial charge >= 0.3 is 11.9 Å². The van der Waals surface area contributed by atoms with E-state index in [0.717, 1.165) is 0 Å². The standard InChI is InChI=1S/C34H55N9O9/c1-18(2)16-24(31(49)42-25(33(51)52)17-21-10-7-6-8-11-21)41-30(48)23(12-9-15-38-34(36)37)40-32(50)27(19(3)4)43-28(46)20(5)39-29(47)22(35)13-14-26(44)45/h6-8,10-11,18-20,22-25,27H,9,12-17,35H2,1-5H3,(H,39,47)(H,40,50)(H,41,48)(H,42,49)(H,43,46)(H,44,45)(H,51,52)(H4,36,37,38)/t20-,22-,23-,24-,25-,27-/m0/s1. The molecule has 1 rings (SSSR count). The molecule has 0 unspecified atom stereocenters. The van der Waals surface area contributed by atoms with E-state index in [1.165, 1.54) is 6.92 Å². The summed E-state index contributed by atoms with van der Waals surface area (Å²) in [6, 6.07) is 1.57. The average Bonchev–Trinajstić information content (AvgIpc) is 3.06. The molecule has 52 heavy (non-hydrogen) atoms. The maximum absolute atomic E-state index is 13.7. The number of aliphatic imine (C=N–C) groups is 1. The monoisotopic (exact) mass is 733 g/mol. The lowest BCUT2D eigenvalue weighted by Crippen LogP contribution is -2.60. The van der Waals surface area contributed by atoms with E-state index in [1.54, 1.807) is 44.2 Å². The Hall–Kier alpha value is -5.26. The first-order chi connectivity index (χ1) is 24.3. The van der Waals surface area contributed by atoms with Gasteiger partial charge in [-0.3, -0.25) is 33.8 Å². The second-order valence-corrected chi connectivity index (χ2v) is 13.3. The zero-order valence-corrected chi connectivity index (χ0v) is 30.4. The number of rotatable bonds is 23. The molecular formula is C34H55N9O9. The highest BCUT2D eigenvalue weighted by molar-refractivity contribution is 5.96. The first-order valence-corrected chi connectivity index (χ1v) is 17.1. The van der Waals surface area contributed by atoms with E-state index in [4.69, 9.17) is 22.3 Å². The minimum Gasteiger partial charge on any atom is -0.481 e. The van der Waals surface area contributed by atoms with Gasteiger partial charge in [-0.05, 0) is 50.0 Å². The van der Waals surface area contributed by atoms with Crippen molar-refractivity contribution in [1.29, 1.82) is 0 Å². The number of amides is 5. The van der Waals surface area contributed by atoms with Crippen LogP contribution < -0.4 is 43.8 Å². The van der Waals surface area contributed by atoms with Gasteiger partial charge in [0.25, 0.3) is 0 Å². The van der Waals surface area contributed by atoms with Gasteiger partial charge in [-0.15, -0.1) is 0 Å². The molecular weight excluding hydrogens is 678 g/mol. The van der Waals surface area contributed by atoms with Gasteiger partial charge < -0.3 is 54.0 Å². The Labute approximate surface area is 303 Å². The molecule has 0 bridgehead atoms. The van der Waals surface area contributed by atoms with E-state index >= 15 is 0 Å². The Bertz CT molecular complexity index is 1400. The molecule has 0 spiro atoms. The van der Waals surface area contributed by atoms with Crippen molar-refractivity contribution in [3.05, 3.63) is 35.9 Å². The zero-order chi connectivity index (χ0) is 39.5. The third-order valence-corrected chi connectivity index (χ3v) is 7.82. The van der Waals surface area contributed by atoms with Crippen LogP contribution in [0, 0.1) is 11.8 Å². The third kappa shape index (κ3) is 17.1. The lowest BCUT2D eigenvalue weighted by Gasteiger charge is -2.28. The van der Waals surface area contributed by atoms with Crippen molar-refractivity contribution in [1.82, 2.24) is 26.6 Å². The Morgan fingerprint density at radius 3 is 1.83 bits per heavy atom. The Morgan fingerprint density at radius 1 is 0.712 bits per heavy atom. The number of nitrogens with two attached hydrogens (primary N) is 3. The molecule has 0 aliphatic rings. The van der Waals surface area contributed by atoms with Crippen molar-refractivity contribution in [3.63, 3.8) is 0 Å².